The van der Waals surface area contributed by atoms with Crippen LogP contribution in [-0.2, 0) is 12.8 Å². The van der Waals surface area contributed by atoms with E-state index in [0.717, 1.165) is 25.9 Å². The van der Waals surface area contributed by atoms with Gasteiger partial charge >= 0.3 is 6.03 Å². The van der Waals surface area contributed by atoms with Crippen LogP contribution in [0.2, 0.25) is 0 Å². The highest BCUT2D eigenvalue weighted by Gasteiger charge is 2.26. The number of likely N-dealkylation sites (N-methyl/N-ethyl adjacent to an activating group) is 1. The number of benzene rings is 1. The molecule has 1 aromatic heterocycles. The van der Waals surface area contributed by atoms with Crippen molar-refractivity contribution in [1.29, 1.82) is 0 Å². The summed E-state index contributed by atoms with van der Waals surface area (Å²) in [5.74, 6) is -0.126. The van der Waals surface area contributed by atoms with E-state index in [4.69, 9.17) is 0 Å². The zero-order chi connectivity index (χ0) is 19.5. The van der Waals surface area contributed by atoms with Crippen molar-refractivity contribution >= 4 is 17.8 Å². The third-order valence-electron chi connectivity index (χ3n) is 5.32. The molecular formula is C20H24N6O2. The van der Waals surface area contributed by atoms with Crippen molar-refractivity contribution in [3.63, 3.8) is 0 Å². The van der Waals surface area contributed by atoms with Crippen molar-refractivity contribution in [2.24, 2.45) is 0 Å². The predicted octanol–water partition coefficient (Wildman–Crippen LogP) is 1.15. The Kier molecular flexibility index (Phi) is 5.21. The van der Waals surface area contributed by atoms with Crippen molar-refractivity contribution < 1.29 is 9.59 Å². The number of amides is 3. The molecule has 0 saturated carbocycles. The molecule has 1 aromatic carbocycles. The molecule has 0 bridgehead atoms. The Balaban J connectivity index is 1.41. The number of fused-ring (bicyclic) bond motifs is 1. The van der Waals surface area contributed by atoms with Crippen LogP contribution in [0, 0.1) is 0 Å². The first-order valence-electron chi connectivity index (χ1n) is 9.53. The highest BCUT2D eigenvalue weighted by atomic mass is 16.2. The van der Waals surface area contributed by atoms with Crippen LogP contribution in [0.4, 0.5) is 10.6 Å². The van der Waals surface area contributed by atoms with Gasteiger partial charge in [0.25, 0.3) is 5.91 Å². The normalized spacial score (nSPS) is 17.2. The highest BCUT2D eigenvalue weighted by molar-refractivity contribution is 6.00. The number of nitrogens with zero attached hydrogens (tertiary/aromatic N) is 4. The number of piperazine rings is 1. The van der Waals surface area contributed by atoms with Crippen LogP contribution in [0.1, 0.15) is 21.6 Å². The Morgan fingerprint density at radius 1 is 1.00 bits per heavy atom. The molecule has 1 aliphatic heterocycles. The van der Waals surface area contributed by atoms with Gasteiger partial charge in [0.2, 0.25) is 0 Å². The molecule has 3 amide bonds. The fraction of sp³-hybridized carbons (Fsp3) is 0.400. The maximum Gasteiger partial charge on any atom is 0.323 e. The molecule has 2 aliphatic rings. The quantitative estimate of drug-likeness (QED) is 0.834. The first kappa shape index (κ1) is 18.4. The van der Waals surface area contributed by atoms with Crippen LogP contribution in [0.25, 0.3) is 0 Å². The van der Waals surface area contributed by atoms with Crippen LogP contribution in [-0.4, -0.2) is 71.0 Å². The minimum atomic E-state index is -0.320. The van der Waals surface area contributed by atoms with Crippen molar-refractivity contribution in [2.75, 3.05) is 38.5 Å². The second kappa shape index (κ2) is 7.93. The summed E-state index contributed by atoms with van der Waals surface area (Å²) in [4.78, 5) is 37.6. The molecule has 1 aliphatic carbocycles. The Morgan fingerprint density at radius 3 is 2.32 bits per heavy atom. The molecule has 4 rings (SSSR count). The third kappa shape index (κ3) is 3.96. The predicted molar refractivity (Wildman–Crippen MR) is 105 cm³/mol. The summed E-state index contributed by atoms with van der Waals surface area (Å²) in [5, 5.41) is 5.78. The van der Waals surface area contributed by atoms with Crippen LogP contribution in [0.5, 0.6) is 0 Å². The molecular weight excluding hydrogens is 356 g/mol. The van der Waals surface area contributed by atoms with E-state index in [1.165, 1.54) is 23.5 Å². The van der Waals surface area contributed by atoms with Crippen LogP contribution in [0.3, 0.4) is 0 Å². The molecule has 1 saturated heterocycles. The van der Waals surface area contributed by atoms with Crippen molar-refractivity contribution in [2.45, 2.75) is 18.9 Å². The average Bonchev–Trinajstić information content (AvgIpc) is 3.11. The molecule has 0 spiro atoms. The first-order chi connectivity index (χ1) is 13.6. The van der Waals surface area contributed by atoms with Gasteiger partial charge in [-0.1, -0.05) is 24.3 Å². The van der Waals surface area contributed by atoms with E-state index in [-0.39, 0.29) is 29.5 Å². The molecule has 28 heavy (non-hydrogen) atoms. The van der Waals surface area contributed by atoms with E-state index < -0.39 is 0 Å². The van der Waals surface area contributed by atoms with Crippen LogP contribution >= 0.6 is 0 Å². The van der Waals surface area contributed by atoms with E-state index in [0.29, 0.717) is 13.1 Å². The molecule has 0 unspecified atom stereocenters. The molecule has 2 N–H and O–H groups in total. The number of hydrogen-bond acceptors (Lipinski definition) is 5. The molecule has 1 fully saturated rings. The Bertz CT molecular complexity index is 854. The number of aromatic nitrogens is 2. The van der Waals surface area contributed by atoms with Crippen LogP contribution in [0.15, 0.2) is 36.7 Å². The largest absolute Gasteiger partial charge is 0.347 e. The maximum absolute atomic E-state index is 12.8. The number of hydrogen-bond donors (Lipinski definition) is 2. The van der Waals surface area contributed by atoms with Gasteiger partial charge in [0.15, 0.2) is 11.5 Å². The van der Waals surface area contributed by atoms with Gasteiger partial charge in [0.05, 0.1) is 0 Å². The highest BCUT2D eigenvalue weighted by Crippen LogP contribution is 2.22. The summed E-state index contributed by atoms with van der Waals surface area (Å²) in [6.07, 6.45) is 4.53. The minimum Gasteiger partial charge on any atom is -0.347 e. The molecule has 2 heterocycles. The zero-order valence-electron chi connectivity index (χ0n) is 15.9. The Hall–Kier alpha value is -3.00. The van der Waals surface area contributed by atoms with Crippen LogP contribution < -0.4 is 10.6 Å². The van der Waals surface area contributed by atoms with E-state index in [9.17, 15) is 9.59 Å². The summed E-state index contributed by atoms with van der Waals surface area (Å²) in [5.41, 5.74) is 2.66. The van der Waals surface area contributed by atoms with Gasteiger partial charge in [-0.25, -0.2) is 14.8 Å². The molecule has 0 radical (unpaired) electrons. The molecule has 8 heteroatoms. The van der Waals surface area contributed by atoms with Gasteiger partial charge in [-0.15, -0.1) is 0 Å². The van der Waals surface area contributed by atoms with Gasteiger partial charge < -0.3 is 15.1 Å². The second-order valence-corrected chi connectivity index (χ2v) is 7.32. The summed E-state index contributed by atoms with van der Waals surface area (Å²) < 4.78 is 0. The minimum absolute atomic E-state index is 0.0214. The van der Waals surface area contributed by atoms with Crippen molar-refractivity contribution in [3.05, 3.63) is 53.5 Å². The molecule has 146 valence electrons. The number of carbonyl (C=O) groups is 2. The first-order valence-corrected chi connectivity index (χ1v) is 9.53. The van der Waals surface area contributed by atoms with Gasteiger partial charge in [-0.05, 0) is 31.0 Å². The summed E-state index contributed by atoms with van der Waals surface area (Å²) in [7, 11) is 2.03. The summed E-state index contributed by atoms with van der Waals surface area (Å²) in [6.45, 7) is 2.93. The number of nitrogens with one attached hydrogen (secondary N) is 2. The lowest BCUT2D eigenvalue weighted by atomic mass is 10.1. The molecule has 0 atom stereocenters. The van der Waals surface area contributed by atoms with E-state index >= 15 is 0 Å². The lowest BCUT2D eigenvalue weighted by Gasteiger charge is -2.32. The standard InChI is InChI=1S/C20H24N6O2/c1-25-8-10-26(11-9-25)20(28)24-18-17(21-6-7-22-18)19(27)23-16-12-14-4-2-3-5-15(14)13-16/h2-7,16H,8-13H2,1H3,(H,23,27)(H,22,24,28). The fourth-order valence-corrected chi connectivity index (χ4v) is 3.70. The third-order valence-corrected chi connectivity index (χ3v) is 5.32. The van der Waals surface area contributed by atoms with Gasteiger partial charge in [-0.2, -0.15) is 0 Å². The smallest absolute Gasteiger partial charge is 0.323 e. The zero-order valence-corrected chi connectivity index (χ0v) is 15.9. The monoisotopic (exact) mass is 380 g/mol. The molecule has 8 nitrogen and oxygen atoms in total. The second-order valence-electron chi connectivity index (χ2n) is 7.32. The maximum atomic E-state index is 12.8. The summed E-state index contributed by atoms with van der Waals surface area (Å²) in [6, 6.07) is 7.97. The molecule has 2 aromatic rings. The lowest BCUT2D eigenvalue weighted by molar-refractivity contribution is 0.0934. The number of rotatable bonds is 3. The Morgan fingerprint density at radius 2 is 1.64 bits per heavy atom. The SMILES string of the molecule is CN1CCN(C(=O)Nc2nccnc2C(=O)NC2Cc3ccccc3C2)CC1. The van der Waals surface area contributed by atoms with E-state index in [1.807, 2.05) is 19.2 Å². The topological polar surface area (TPSA) is 90.5 Å². The van der Waals surface area contributed by atoms with Gasteiger partial charge in [0, 0.05) is 44.6 Å². The van der Waals surface area contributed by atoms with Crippen molar-refractivity contribution in [1.82, 2.24) is 25.1 Å². The fourth-order valence-electron chi connectivity index (χ4n) is 3.70. The lowest BCUT2D eigenvalue weighted by Crippen LogP contribution is -2.48. The number of carbonyl (C=O) groups excluding carboxylic acids is 2. The van der Waals surface area contributed by atoms with Crippen molar-refractivity contribution in [3.8, 4) is 0 Å². The van der Waals surface area contributed by atoms with E-state index in [2.05, 4.69) is 37.6 Å². The van der Waals surface area contributed by atoms with Gasteiger partial charge in [0.1, 0.15) is 0 Å². The van der Waals surface area contributed by atoms with Gasteiger partial charge in [-0.3, -0.25) is 10.1 Å². The average molecular weight is 380 g/mol. The number of urea groups is 1. The number of anilines is 1. The summed E-state index contributed by atoms with van der Waals surface area (Å²) >= 11 is 0. The Labute approximate surface area is 164 Å². The van der Waals surface area contributed by atoms with E-state index in [1.54, 1.807) is 4.90 Å².